The molecule has 0 bridgehead atoms. The monoisotopic (exact) mass is 519 g/mol. The topological polar surface area (TPSA) is 112 Å². The van der Waals surface area contributed by atoms with Crippen LogP contribution in [0.25, 0.3) is 10.8 Å². The number of nitrogens with two attached hydrogens (primary N) is 1. The molecule has 9 heteroatoms. The molecule has 2 fully saturated rings. The van der Waals surface area contributed by atoms with Gasteiger partial charge >= 0.3 is 5.97 Å². The Hall–Kier alpha value is -2.91. The Morgan fingerprint density at radius 2 is 1.92 bits per heavy atom. The molecule has 3 aromatic heterocycles. The molecule has 194 valence electrons. The number of esters is 1. The third-order valence-corrected chi connectivity index (χ3v) is 9.33. The average molecular weight is 520 g/mol. The van der Waals surface area contributed by atoms with Crippen LogP contribution >= 0.6 is 11.8 Å². The van der Waals surface area contributed by atoms with Gasteiger partial charge in [0, 0.05) is 34.9 Å². The summed E-state index contributed by atoms with van der Waals surface area (Å²) in [5.41, 5.74) is 7.83. The zero-order valence-corrected chi connectivity index (χ0v) is 22.5. The molecule has 0 spiro atoms. The first-order valence-electron chi connectivity index (χ1n) is 13.1. The second-order valence-electron chi connectivity index (χ2n) is 11.1. The molecule has 0 aromatic carbocycles. The lowest BCUT2D eigenvalue weighted by Crippen LogP contribution is -2.39. The number of thioether (sulfide) groups is 1. The van der Waals surface area contributed by atoms with Crippen molar-refractivity contribution in [3.8, 4) is 5.88 Å². The highest BCUT2D eigenvalue weighted by molar-refractivity contribution is 8.00. The minimum atomic E-state index is -0.622. The van der Waals surface area contributed by atoms with Gasteiger partial charge in [0.05, 0.1) is 16.6 Å². The molecule has 3 aromatic rings. The Morgan fingerprint density at radius 3 is 2.65 bits per heavy atom. The van der Waals surface area contributed by atoms with Crippen molar-refractivity contribution in [2.45, 2.75) is 87.5 Å². The lowest BCUT2D eigenvalue weighted by molar-refractivity contribution is -0.0189. The van der Waals surface area contributed by atoms with E-state index >= 15 is 0 Å². The minimum Gasteiger partial charge on any atom is -0.474 e. The van der Waals surface area contributed by atoms with Crippen LogP contribution in [0.5, 0.6) is 5.88 Å². The van der Waals surface area contributed by atoms with Crippen molar-refractivity contribution in [3.05, 3.63) is 47.4 Å². The van der Waals surface area contributed by atoms with E-state index in [-0.39, 0.29) is 24.0 Å². The van der Waals surface area contributed by atoms with Gasteiger partial charge in [-0.05, 0) is 75.6 Å². The predicted molar refractivity (Wildman–Crippen MR) is 146 cm³/mol. The van der Waals surface area contributed by atoms with Crippen molar-refractivity contribution in [3.63, 3.8) is 0 Å². The number of rotatable bonds is 7. The number of fused-ring (bicyclic) bond motifs is 2. The molecule has 2 atom stereocenters. The summed E-state index contributed by atoms with van der Waals surface area (Å²) in [7, 11) is 0. The van der Waals surface area contributed by atoms with Crippen LogP contribution in [0, 0.1) is 0 Å². The molecule has 0 saturated heterocycles. The summed E-state index contributed by atoms with van der Waals surface area (Å²) in [6.07, 6.45) is 8.67. The van der Waals surface area contributed by atoms with E-state index in [9.17, 15) is 4.79 Å². The number of nitrogens with zero attached hydrogens (tertiary/aromatic N) is 3. The van der Waals surface area contributed by atoms with Crippen molar-refractivity contribution in [1.82, 2.24) is 15.0 Å². The van der Waals surface area contributed by atoms with Crippen LogP contribution in [0.1, 0.15) is 87.0 Å². The van der Waals surface area contributed by atoms with Gasteiger partial charge in [-0.3, -0.25) is 0 Å². The average Bonchev–Trinajstić information content (AvgIpc) is 3.65. The van der Waals surface area contributed by atoms with Crippen LogP contribution in [0.2, 0.25) is 0 Å². The summed E-state index contributed by atoms with van der Waals surface area (Å²) < 4.78 is 11.9. The molecular formula is C28H33N5O3S. The summed E-state index contributed by atoms with van der Waals surface area (Å²) >= 11 is 2.12. The fraction of sp³-hybridized carbons (Fsp3) is 0.500. The van der Waals surface area contributed by atoms with Gasteiger partial charge in [0.1, 0.15) is 23.3 Å². The van der Waals surface area contributed by atoms with E-state index in [1.54, 1.807) is 18.3 Å². The van der Waals surface area contributed by atoms with Gasteiger partial charge in [0.25, 0.3) is 0 Å². The number of nitrogens with one attached hydrogen (secondary N) is 1. The van der Waals surface area contributed by atoms with Gasteiger partial charge in [-0.1, -0.05) is 6.92 Å². The summed E-state index contributed by atoms with van der Waals surface area (Å²) in [6.45, 7) is 7.78. The number of hydrogen-bond acceptors (Lipinski definition) is 9. The first-order chi connectivity index (χ1) is 17.7. The summed E-state index contributed by atoms with van der Waals surface area (Å²) in [4.78, 5) is 26.5. The highest BCUT2D eigenvalue weighted by Crippen LogP contribution is 2.45. The maximum Gasteiger partial charge on any atom is 0.340 e. The number of cyclic esters (lactones) is 1. The molecule has 2 unspecified atom stereocenters. The zero-order valence-electron chi connectivity index (χ0n) is 21.7. The van der Waals surface area contributed by atoms with Crippen molar-refractivity contribution < 1.29 is 14.3 Å². The van der Waals surface area contributed by atoms with Gasteiger partial charge < -0.3 is 20.5 Å². The van der Waals surface area contributed by atoms with E-state index in [0.29, 0.717) is 28.3 Å². The second-order valence-corrected chi connectivity index (χ2v) is 12.7. The number of pyridine rings is 3. The summed E-state index contributed by atoms with van der Waals surface area (Å²) in [6, 6.07) is 5.31. The maximum atomic E-state index is 12.4. The Morgan fingerprint density at radius 1 is 1.14 bits per heavy atom. The van der Waals surface area contributed by atoms with Crippen LogP contribution in [0.4, 0.5) is 11.6 Å². The standard InChI is InChI=1S/C28H33N5O3S/c1-14-25-19(27(34)36-28(14,3)4)7-8-23(33-25)32-24-11-20-21(15(2)29)12-31-26(22(20)13-30-24)35-16-9-18(10-16)37-17-5-6-17/h7-8,11-18H,5-6,9-10,29H2,1-4H3,(H,30,32,33). The second kappa shape index (κ2) is 9.13. The number of hydrogen-bond donors (Lipinski definition) is 2. The highest BCUT2D eigenvalue weighted by atomic mass is 32.2. The van der Waals surface area contributed by atoms with E-state index in [0.717, 1.165) is 40.1 Å². The highest BCUT2D eigenvalue weighted by Gasteiger charge is 2.40. The van der Waals surface area contributed by atoms with E-state index in [1.807, 2.05) is 40.0 Å². The SMILES string of the molecule is CC(N)c1cnc(OC2CC(SC3CC3)C2)c2cnc(Nc3ccc4c(n3)C(C)C(C)(C)OC4=O)cc12. The van der Waals surface area contributed by atoms with E-state index in [4.69, 9.17) is 20.2 Å². The van der Waals surface area contributed by atoms with Crippen molar-refractivity contribution in [1.29, 1.82) is 0 Å². The quantitative estimate of drug-likeness (QED) is 0.383. The van der Waals surface area contributed by atoms with Gasteiger partial charge in [-0.15, -0.1) is 0 Å². The Kier molecular flexibility index (Phi) is 6.03. The van der Waals surface area contributed by atoms with Gasteiger partial charge in [-0.25, -0.2) is 19.7 Å². The molecule has 2 aliphatic carbocycles. The lowest BCUT2D eigenvalue weighted by Gasteiger charge is -2.36. The number of carbonyl (C=O) groups excluding carboxylic acids is 1. The van der Waals surface area contributed by atoms with E-state index < -0.39 is 5.60 Å². The largest absolute Gasteiger partial charge is 0.474 e. The maximum absolute atomic E-state index is 12.4. The predicted octanol–water partition coefficient (Wildman–Crippen LogP) is 5.65. The molecule has 6 rings (SSSR count). The zero-order chi connectivity index (χ0) is 25.9. The molecule has 37 heavy (non-hydrogen) atoms. The summed E-state index contributed by atoms with van der Waals surface area (Å²) in [5.74, 6) is 1.47. The first kappa shape index (κ1) is 24.4. The van der Waals surface area contributed by atoms with Crippen molar-refractivity contribution in [2.24, 2.45) is 5.73 Å². The van der Waals surface area contributed by atoms with Crippen LogP contribution in [-0.4, -0.2) is 43.1 Å². The van der Waals surface area contributed by atoms with Gasteiger partial charge in [0.15, 0.2) is 0 Å². The lowest BCUT2D eigenvalue weighted by atomic mass is 9.84. The molecule has 8 nitrogen and oxygen atoms in total. The molecule has 4 heterocycles. The van der Waals surface area contributed by atoms with Crippen LogP contribution in [0.15, 0.2) is 30.6 Å². The molecule has 0 radical (unpaired) electrons. The number of aromatic nitrogens is 3. The first-order valence-corrected chi connectivity index (χ1v) is 14.0. The fourth-order valence-corrected chi connectivity index (χ4v) is 6.51. The molecule has 3 aliphatic rings. The van der Waals surface area contributed by atoms with Crippen LogP contribution in [0.3, 0.4) is 0 Å². The van der Waals surface area contributed by atoms with Crippen molar-refractivity contribution in [2.75, 3.05) is 5.32 Å². The third-order valence-electron chi connectivity index (χ3n) is 7.71. The Labute approximate surface area is 221 Å². The van der Waals surface area contributed by atoms with E-state index in [1.165, 1.54) is 12.8 Å². The molecular weight excluding hydrogens is 486 g/mol. The number of anilines is 2. The fourth-order valence-electron chi connectivity index (χ4n) is 4.91. The Bertz CT molecular complexity index is 1370. The smallest absolute Gasteiger partial charge is 0.340 e. The molecule has 2 saturated carbocycles. The summed E-state index contributed by atoms with van der Waals surface area (Å²) in [5, 5.41) is 6.70. The normalized spacial score (nSPS) is 25.1. The third kappa shape index (κ3) is 4.75. The molecule has 3 N–H and O–H groups in total. The number of carbonyl (C=O) groups is 1. The van der Waals surface area contributed by atoms with Crippen LogP contribution in [-0.2, 0) is 4.74 Å². The Balaban J connectivity index is 1.26. The van der Waals surface area contributed by atoms with Crippen LogP contribution < -0.4 is 15.8 Å². The number of ether oxygens (including phenoxy) is 2. The van der Waals surface area contributed by atoms with Gasteiger partial charge in [0.2, 0.25) is 5.88 Å². The van der Waals surface area contributed by atoms with Gasteiger partial charge in [-0.2, -0.15) is 11.8 Å². The molecule has 1 aliphatic heterocycles. The minimum absolute atomic E-state index is 0.0456. The van der Waals surface area contributed by atoms with Crippen molar-refractivity contribution >= 4 is 40.1 Å². The molecule has 0 amide bonds. The van der Waals surface area contributed by atoms with E-state index in [2.05, 4.69) is 27.0 Å².